The molecule has 0 spiro atoms. The molecule has 0 fully saturated rings. The van der Waals surface area contributed by atoms with E-state index in [2.05, 4.69) is 5.32 Å². The first kappa shape index (κ1) is 16.1. The van der Waals surface area contributed by atoms with Gasteiger partial charge in [0.2, 0.25) is 5.91 Å². The molecule has 0 saturated heterocycles. The van der Waals surface area contributed by atoms with Gasteiger partial charge in [-0.2, -0.15) is 4.31 Å². The first-order valence-corrected chi connectivity index (χ1v) is 8.07. The summed E-state index contributed by atoms with van der Waals surface area (Å²) in [5, 5.41) is 4.37. The van der Waals surface area contributed by atoms with Crippen molar-refractivity contribution in [1.82, 2.24) is 14.5 Å². The summed E-state index contributed by atoms with van der Waals surface area (Å²) in [6.45, 7) is 1.04. The van der Waals surface area contributed by atoms with Crippen LogP contribution in [-0.2, 0) is 14.8 Å². The lowest BCUT2D eigenvalue weighted by molar-refractivity contribution is -0.121. The second-order valence-corrected chi connectivity index (χ2v) is 7.57. The molecule has 1 amide bonds. The van der Waals surface area contributed by atoms with Gasteiger partial charge in [0.25, 0.3) is 10.0 Å². The first-order chi connectivity index (χ1) is 8.84. The zero-order valence-electron chi connectivity index (χ0n) is 11.3. The minimum absolute atomic E-state index is 0.173. The van der Waals surface area contributed by atoms with E-state index in [4.69, 9.17) is 0 Å². The van der Waals surface area contributed by atoms with Crippen LogP contribution in [0.3, 0.4) is 0 Å². The predicted octanol–water partition coefficient (Wildman–Crippen LogP) is 0.0464. The van der Waals surface area contributed by atoms with Crippen LogP contribution in [-0.4, -0.2) is 64.3 Å². The van der Waals surface area contributed by atoms with Gasteiger partial charge in [-0.25, -0.2) is 8.42 Å². The average Bonchev–Trinajstić information content (AvgIpc) is 2.82. The Morgan fingerprint density at radius 2 is 2.05 bits per heavy atom. The van der Waals surface area contributed by atoms with Crippen LogP contribution in [0.2, 0.25) is 0 Å². The van der Waals surface area contributed by atoms with Gasteiger partial charge in [-0.1, -0.05) is 6.07 Å². The predicted molar refractivity (Wildman–Crippen MR) is 75.7 cm³/mol. The Morgan fingerprint density at radius 3 is 2.58 bits per heavy atom. The molecule has 0 saturated carbocycles. The fraction of sp³-hybridized carbons (Fsp3) is 0.545. The molecule has 8 heteroatoms. The molecular formula is C11H19N3O3S2. The minimum atomic E-state index is -3.55. The van der Waals surface area contributed by atoms with Crippen molar-refractivity contribution in [3.63, 3.8) is 0 Å². The van der Waals surface area contributed by atoms with Crippen LogP contribution in [0, 0.1) is 0 Å². The lowest BCUT2D eigenvalue weighted by Crippen LogP contribution is -2.40. The number of carbonyl (C=O) groups excluding carboxylic acids is 1. The van der Waals surface area contributed by atoms with Crippen molar-refractivity contribution in [2.24, 2.45) is 0 Å². The standard InChI is InChI=1S/C11H19N3O3S2/c1-13(2)7-6-12-10(15)9-14(3)19(16,17)11-5-4-8-18-11/h4-5,8H,6-7,9H2,1-3H3,(H,12,15). The van der Waals surface area contributed by atoms with Gasteiger partial charge in [0.15, 0.2) is 0 Å². The maximum atomic E-state index is 12.1. The maximum absolute atomic E-state index is 12.1. The Balaban J connectivity index is 2.51. The van der Waals surface area contributed by atoms with Crippen LogP contribution in [0.25, 0.3) is 0 Å². The fourth-order valence-corrected chi connectivity index (χ4v) is 3.65. The summed E-state index contributed by atoms with van der Waals surface area (Å²) in [6.07, 6.45) is 0. The molecule has 1 heterocycles. The Labute approximate surface area is 118 Å². The van der Waals surface area contributed by atoms with Crippen LogP contribution in [0.15, 0.2) is 21.7 Å². The quantitative estimate of drug-likeness (QED) is 0.772. The van der Waals surface area contributed by atoms with Crippen molar-refractivity contribution in [2.45, 2.75) is 4.21 Å². The number of amides is 1. The molecule has 19 heavy (non-hydrogen) atoms. The van der Waals surface area contributed by atoms with Crippen molar-refractivity contribution in [2.75, 3.05) is 40.8 Å². The molecule has 0 radical (unpaired) electrons. The summed E-state index contributed by atoms with van der Waals surface area (Å²) in [7, 11) is 1.66. The van der Waals surface area contributed by atoms with Gasteiger partial charge in [0.05, 0.1) is 6.54 Å². The van der Waals surface area contributed by atoms with E-state index < -0.39 is 10.0 Å². The van der Waals surface area contributed by atoms with Gasteiger partial charge in [0, 0.05) is 20.1 Å². The Hall–Kier alpha value is -0.960. The molecule has 1 aromatic heterocycles. The molecule has 1 rings (SSSR count). The largest absolute Gasteiger partial charge is 0.354 e. The topological polar surface area (TPSA) is 69.7 Å². The highest BCUT2D eigenvalue weighted by molar-refractivity contribution is 7.91. The summed E-state index contributed by atoms with van der Waals surface area (Å²) in [5.41, 5.74) is 0. The van der Waals surface area contributed by atoms with E-state index in [0.717, 1.165) is 15.6 Å². The van der Waals surface area contributed by atoms with Crippen LogP contribution >= 0.6 is 11.3 Å². The van der Waals surface area contributed by atoms with E-state index in [1.807, 2.05) is 19.0 Å². The first-order valence-electron chi connectivity index (χ1n) is 5.75. The number of nitrogens with one attached hydrogen (secondary N) is 1. The average molecular weight is 305 g/mol. The number of hydrogen-bond acceptors (Lipinski definition) is 5. The highest BCUT2D eigenvalue weighted by Gasteiger charge is 2.23. The Morgan fingerprint density at radius 1 is 1.37 bits per heavy atom. The van der Waals surface area contributed by atoms with E-state index in [-0.39, 0.29) is 16.7 Å². The summed E-state index contributed by atoms with van der Waals surface area (Å²) in [6, 6.07) is 3.20. The molecule has 6 nitrogen and oxygen atoms in total. The number of nitrogens with zero attached hydrogens (tertiary/aromatic N) is 2. The second-order valence-electron chi connectivity index (χ2n) is 4.35. The maximum Gasteiger partial charge on any atom is 0.252 e. The van der Waals surface area contributed by atoms with Gasteiger partial charge in [-0.3, -0.25) is 4.79 Å². The van der Waals surface area contributed by atoms with Gasteiger partial charge >= 0.3 is 0 Å². The summed E-state index contributed by atoms with van der Waals surface area (Å²) >= 11 is 1.14. The van der Waals surface area contributed by atoms with E-state index in [1.165, 1.54) is 13.1 Å². The molecule has 0 bridgehead atoms. The second kappa shape index (κ2) is 6.99. The van der Waals surface area contributed by atoms with Crippen molar-refractivity contribution in [1.29, 1.82) is 0 Å². The van der Waals surface area contributed by atoms with E-state index >= 15 is 0 Å². The van der Waals surface area contributed by atoms with Crippen molar-refractivity contribution >= 4 is 27.3 Å². The molecule has 0 unspecified atom stereocenters. The minimum Gasteiger partial charge on any atom is -0.354 e. The van der Waals surface area contributed by atoms with Crippen LogP contribution in [0.1, 0.15) is 0 Å². The number of carbonyl (C=O) groups is 1. The van der Waals surface area contributed by atoms with Gasteiger partial charge < -0.3 is 10.2 Å². The third-order valence-electron chi connectivity index (χ3n) is 2.41. The van der Waals surface area contributed by atoms with E-state index in [1.54, 1.807) is 11.4 Å². The molecule has 1 aromatic rings. The highest BCUT2D eigenvalue weighted by Crippen LogP contribution is 2.19. The zero-order chi connectivity index (χ0) is 14.5. The Bertz CT molecular complexity index is 497. The molecule has 0 aliphatic rings. The highest BCUT2D eigenvalue weighted by atomic mass is 32.2. The summed E-state index contributed by atoms with van der Waals surface area (Å²) in [4.78, 5) is 13.6. The van der Waals surface area contributed by atoms with Gasteiger partial charge in [-0.15, -0.1) is 11.3 Å². The molecule has 0 aliphatic carbocycles. The number of rotatable bonds is 7. The van der Waals surface area contributed by atoms with Gasteiger partial charge in [-0.05, 0) is 25.5 Å². The lowest BCUT2D eigenvalue weighted by Gasteiger charge is -2.16. The number of thiophene rings is 1. The number of sulfonamides is 1. The Kier molecular flexibility index (Phi) is 5.92. The van der Waals surface area contributed by atoms with Crippen LogP contribution in [0.4, 0.5) is 0 Å². The molecular weight excluding hydrogens is 286 g/mol. The monoisotopic (exact) mass is 305 g/mol. The normalized spacial score (nSPS) is 12.1. The zero-order valence-corrected chi connectivity index (χ0v) is 12.9. The summed E-state index contributed by atoms with van der Waals surface area (Å²) in [5.74, 6) is -0.301. The van der Waals surface area contributed by atoms with Crippen molar-refractivity contribution in [3.8, 4) is 0 Å². The fourth-order valence-electron chi connectivity index (χ4n) is 1.33. The van der Waals surface area contributed by atoms with E-state index in [9.17, 15) is 13.2 Å². The third kappa shape index (κ3) is 4.90. The SMILES string of the molecule is CN(C)CCNC(=O)CN(C)S(=O)(=O)c1cccs1. The van der Waals surface area contributed by atoms with Crippen LogP contribution < -0.4 is 5.32 Å². The van der Waals surface area contributed by atoms with Crippen molar-refractivity contribution in [3.05, 3.63) is 17.5 Å². The third-order valence-corrected chi connectivity index (χ3v) is 5.58. The summed E-state index contributed by atoms with van der Waals surface area (Å²) < 4.78 is 25.4. The van der Waals surface area contributed by atoms with Crippen LogP contribution in [0.5, 0.6) is 0 Å². The molecule has 0 aliphatic heterocycles. The molecule has 0 aromatic carbocycles. The van der Waals surface area contributed by atoms with E-state index in [0.29, 0.717) is 13.1 Å². The smallest absolute Gasteiger partial charge is 0.252 e. The lowest BCUT2D eigenvalue weighted by atomic mass is 10.5. The van der Waals surface area contributed by atoms with Crippen molar-refractivity contribution < 1.29 is 13.2 Å². The number of hydrogen-bond donors (Lipinski definition) is 1. The molecule has 0 atom stereocenters. The molecule has 1 N–H and O–H groups in total. The molecule has 108 valence electrons. The number of likely N-dealkylation sites (N-methyl/N-ethyl adjacent to an activating group) is 2. The van der Waals surface area contributed by atoms with Gasteiger partial charge in [0.1, 0.15) is 4.21 Å².